The summed E-state index contributed by atoms with van der Waals surface area (Å²) in [5.74, 6) is 0.662. The summed E-state index contributed by atoms with van der Waals surface area (Å²) in [6, 6.07) is 19.0. The predicted molar refractivity (Wildman–Crippen MR) is 172 cm³/mol. The summed E-state index contributed by atoms with van der Waals surface area (Å²) in [6.45, 7) is 0.800. The van der Waals surface area contributed by atoms with E-state index in [1.807, 2.05) is 77.7 Å². The van der Waals surface area contributed by atoms with Crippen LogP contribution in [0.1, 0.15) is 34.0 Å². The highest BCUT2D eigenvalue weighted by atomic mass is 16.5. The second-order valence-corrected chi connectivity index (χ2v) is 11.5. The molecular weight excluding hydrogens is 582 g/mol. The van der Waals surface area contributed by atoms with Crippen molar-refractivity contribution in [1.82, 2.24) is 24.1 Å². The maximum absolute atomic E-state index is 12.0. The summed E-state index contributed by atoms with van der Waals surface area (Å²) in [4.78, 5) is 26.4. The Labute approximate surface area is 263 Å². The number of aromatic carboxylic acids is 1. The van der Waals surface area contributed by atoms with E-state index < -0.39 is 18.2 Å². The second-order valence-electron chi connectivity index (χ2n) is 11.5. The highest BCUT2D eigenvalue weighted by Crippen LogP contribution is 2.39. The number of carbonyl (C=O) groups is 1. The minimum absolute atomic E-state index is 0.0829. The van der Waals surface area contributed by atoms with Crippen LogP contribution in [0.3, 0.4) is 0 Å². The van der Waals surface area contributed by atoms with Gasteiger partial charge in [-0.25, -0.2) is 14.8 Å². The van der Waals surface area contributed by atoms with Gasteiger partial charge in [-0.1, -0.05) is 30.3 Å². The van der Waals surface area contributed by atoms with Gasteiger partial charge in [0.25, 0.3) is 0 Å². The van der Waals surface area contributed by atoms with E-state index in [0.717, 1.165) is 39.0 Å². The largest absolute Gasteiger partial charge is 0.494 e. The zero-order valence-electron chi connectivity index (χ0n) is 24.9. The molecule has 2 aliphatic rings. The van der Waals surface area contributed by atoms with E-state index in [0.29, 0.717) is 47.9 Å². The topological polar surface area (TPSA) is 125 Å². The molecule has 0 fully saturated rings. The van der Waals surface area contributed by atoms with Gasteiger partial charge in [-0.15, -0.1) is 0 Å². The molecule has 2 bridgehead atoms. The number of rotatable bonds is 4. The molecule has 0 saturated carbocycles. The van der Waals surface area contributed by atoms with Gasteiger partial charge in [-0.05, 0) is 66.1 Å². The summed E-state index contributed by atoms with van der Waals surface area (Å²) in [6.07, 6.45) is 9.91. The van der Waals surface area contributed by atoms with Crippen molar-refractivity contribution >= 4 is 28.0 Å². The number of aromatic nitrogens is 5. The third-order valence-corrected chi connectivity index (χ3v) is 8.65. The third-order valence-electron chi connectivity index (χ3n) is 8.65. The van der Waals surface area contributed by atoms with Crippen LogP contribution in [0.15, 0.2) is 103 Å². The molecule has 0 spiro atoms. The van der Waals surface area contributed by atoms with Crippen LogP contribution in [-0.4, -0.2) is 53.5 Å². The molecule has 10 heteroatoms. The van der Waals surface area contributed by atoms with Gasteiger partial charge in [0.1, 0.15) is 22.7 Å². The van der Waals surface area contributed by atoms with Gasteiger partial charge in [0.2, 0.25) is 0 Å². The number of hydrogen-bond donors (Lipinski definition) is 2. The number of imidazole rings is 1. The number of allylic oxidation sites excluding steroid dienone is 3. The van der Waals surface area contributed by atoms with Gasteiger partial charge >= 0.3 is 5.97 Å². The van der Waals surface area contributed by atoms with Crippen LogP contribution in [0.2, 0.25) is 0 Å². The van der Waals surface area contributed by atoms with Gasteiger partial charge in [0.05, 0.1) is 36.5 Å². The fraction of sp³-hybridized carbons (Fsp3) is 0.167. The Balaban J connectivity index is 1.40. The fourth-order valence-electron chi connectivity index (χ4n) is 6.43. The molecule has 1 aliphatic heterocycles. The van der Waals surface area contributed by atoms with Crippen LogP contribution in [-0.2, 0) is 17.8 Å². The molecular formula is C36H29N5O5. The van der Waals surface area contributed by atoms with E-state index >= 15 is 0 Å². The SMILES string of the molecule is COc1cc(C(=O)O)cc2nc3n(c12)Cc1cncc(c1)-c1ccccc1[C@H](OC1=CC=C1)[C@H](O)CCn1c-3cc2cccnc21. The Bertz CT molecular complexity index is 2230. The standard InChI is InChI=1S/C36H29N5O5/c1-45-31-17-23(36(43)44)15-28-32(31)41-20-21-14-24(19-37-18-21)26-9-2-3-10-27(26)33(46-25-7-4-8-25)30(42)11-13-40-29(35(41)39-28)16-22-6-5-12-38-34(22)40/h2-10,12,14-19,30,33,42H,11,13,20H2,1H3,(H,43,44)/t30-,33+/m1/s1. The lowest BCUT2D eigenvalue weighted by Gasteiger charge is -2.28. The van der Waals surface area contributed by atoms with E-state index in [9.17, 15) is 15.0 Å². The number of aliphatic hydroxyl groups excluding tert-OH is 1. The minimum Gasteiger partial charge on any atom is -0.494 e. The first kappa shape index (κ1) is 27.8. The van der Waals surface area contributed by atoms with Gasteiger partial charge < -0.3 is 28.8 Å². The summed E-state index contributed by atoms with van der Waals surface area (Å²) in [5, 5.41) is 22.6. The number of benzene rings is 2. The Morgan fingerprint density at radius 3 is 2.72 bits per heavy atom. The van der Waals surface area contributed by atoms with Crippen LogP contribution in [0, 0.1) is 0 Å². The fourth-order valence-corrected chi connectivity index (χ4v) is 6.43. The number of hydrogen-bond acceptors (Lipinski definition) is 7. The van der Waals surface area contributed by atoms with Gasteiger partial charge in [-0.2, -0.15) is 0 Å². The number of aryl methyl sites for hydroxylation is 1. The maximum Gasteiger partial charge on any atom is 0.335 e. The second kappa shape index (κ2) is 11.0. The molecule has 228 valence electrons. The molecule has 8 rings (SSSR count). The molecule has 0 radical (unpaired) electrons. The zero-order valence-corrected chi connectivity index (χ0v) is 24.9. The number of ether oxygens (including phenoxy) is 2. The van der Waals surface area contributed by atoms with Crippen LogP contribution in [0.25, 0.3) is 44.7 Å². The molecule has 10 nitrogen and oxygen atoms in total. The first-order valence-electron chi connectivity index (χ1n) is 15.0. The number of carboxylic acid groups (broad SMARTS) is 1. The monoisotopic (exact) mass is 611 g/mol. The molecule has 2 N–H and O–H groups in total. The first-order valence-corrected chi connectivity index (χ1v) is 15.0. The van der Waals surface area contributed by atoms with Crippen LogP contribution in [0.4, 0.5) is 0 Å². The normalized spacial score (nSPS) is 17.3. The summed E-state index contributed by atoms with van der Waals surface area (Å²) in [7, 11) is 1.53. The van der Waals surface area contributed by atoms with Gasteiger partial charge in [0, 0.05) is 41.6 Å². The number of pyridine rings is 2. The van der Waals surface area contributed by atoms with Gasteiger partial charge in [-0.3, -0.25) is 4.98 Å². The Morgan fingerprint density at radius 2 is 1.91 bits per heavy atom. The predicted octanol–water partition coefficient (Wildman–Crippen LogP) is 6.15. The number of methoxy groups -OCH3 is 1. The molecule has 0 saturated heterocycles. The molecule has 0 unspecified atom stereocenters. The third kappa shape index (κ3) is 4.62. The first-order chi connectivity index (χ1) is 22.5. The van der Waals surface area contributed by atoms with Crippen LogP contribution in [0.5, 0.6) is 5.75 Å². The number of nitrogens with zero attached hydrogens (tertiary/aromatic N) is 5. The zero-order chi connectivity index (χ0) is 31.4. The van der Waals surface area contributed by atoms with Crippen LogP contribution >= 0.6 is 0 Å². The lowest BCUT2D eigenvalue weighted by Crippen LogP contribution is -2.24. The Kier molecular flexibility index (Phi) is 6.65. The van der Waals surface area contributed by atoms with Crippen molar-refractivity contribution in [3.8, 4) is 28.4 Å². The summed E-state index contributed by atoms with van der Waals surface area (Å²) in [5.41, 5.74) is 6.32. The van der Waals surface area contributed by atoms with Crippen molar-refractivity contribution in [3.05, 3.63) is 120 Å². The molecule has 1 aliphatic carbocycles. The summed E-state index contributed by atoms with van der Waals surface area (Å²) >= 11 is 0. The molecule has 6 aromatic rings. The number of aliphatic hydroxyl groups is 1. The number of carboxylic acids is 1. The molecule has 0 amide bonds. The van der Waals surface area contributed by atoms with E-state index in [1.165, 1.54) is 13.2 Å². The molecule has 2 aromatic carbocycles. The number of fused-ring (bicyclic) bond motifs is 11. The Morgan fingerprint density at radius 1 is 1.04 bits per heavy atom. The molecule has 5 heterocycles. The average molecular weight is 612 g/mol. The van der Waals surface area contributed by atoms with Crippen molar-refractivity contribution in [3.63, 3.8) is 0 Å². The van der Waals surface area contributed by atoms with Crippen LogP contribution < -0.4 is 4.74 Å². The minimum atomic E-state index is -1.07. The highest BCUT2D eigenvalue weighted by Gasteiger charge is 2.29. The van der Waals surface area contributed by atoms with E-state index in [4.69, 9.17) is 19.4 Å². The molecule has 4 aromatic heterocycles. The van der Waals surface area contributed by atoms with Crippen molar-refractivity contribution in [1.29, 1.82) is 0 Å². The lowest BCUT2D eigenvalue weighted by atomic mass is 9.92. The van der Waals surface area contributed by atoms with E-state index in [1.54, 1.807) is 12.3 Å². The highest BCUT2D eigenvalue weighted by molar-refractivity contribution is 5.96. The van der Waals surface area contributed by atoms with Crippen molar-refractivity contribution < 1.29 is 24.5 Å². The average Bonchev–Trinajstić information content (AvgIpc) is 3.60. The quantitative estimate of drug-likeness (QED) is 0.243. The van der Waals surface area contributed by atoms with E-state index in [-0.39, 0.29) is 5.56 Å². The van der Waals surface area contributed by atoms with Crippen molar-refractivity contribution in [2.45, 2.75) is 31.7 Å². The van der Waals surface area contributed by atoms with Crippen molar-refractivity contribution in [2.75, 3.05) is 7.11 Å². The Hall–Kier alpha value is -5.74. The van der Waals surface area contributed by atoms with Crippen molar-refractivity contribution in [2.24, 2.45) is 0 Å². The summed E-state index contributed by atoms with van der Waals surface area (Å²) < 4.78 is 16.3. The lowest BCUT2D eigenvalue weighted by molar-refractivity contribution is -0.00803. The maximum atomic E-state index is 12.0. The van der Waals surface area contributed by atoms with E-state index in [2.05, 4.69) is 15.6 Å². The molecule has 2 atom stereocenters. The smallest absolute Gasteiger partial charge is 0.335 e. The molecule has 46 heavy (non-hydrogen) atoms. The van der Waals surface area contributed by atoms with Gasteiger partial charge in [0.15, 0.2) is 11.9 Å².